The van der Waals surface area contributed by atoms with Crippen molar-refractivity contribution in [3.63, 3.8) is 0 Å². The monoisotopic (exact) mass is 315 g/mol. The molecule has 0 aromatic heterocycles. The third-order valence-corrected chi connectivity index (χ3v) is 3.77. The van der Waals surface area contributed by atoms with Crippen molar-refractivity contribution in [1.29, 1.82) is 5.26 Å². The van der Waals surface area contributed by atoms with E-state index < -0.39 is 11.3 Å². The second-order valence-electron chi connectivity index (χ2n) is 6.71. The minimum absolute atomic E-state index is 0.159. The highest BCUT2D eigenvalue weighted by Gasteiger charge is 2.31. The van der Waals surface area contributed by atoms with Crippen molar-refractivity contribution in [1.82, 2.24) is 0 Å². The van der Waals surface area contributed by atoms with Crippen molar-refractivity contribution in [2.45, 2.75) is 53.4 Å². The summed E-state index contributed by atoms with van der Waals surface area (Å²) in [6.07, 6.45) is 0.328. The van der Waals surface area contributed by atoms with Crippen LogP contribution < -0.4 is 0 Å². The average Bonchev–Trinajstić information content (AvgIpc) is 2.40. The van der Waals surface area contributed by atoms with Gasteiger partial charge in [0.15, 0.2) is 5.78 Å². The maximum Gasteiger partial charge on any atom is 0.306 e. The van der Waals surface area contributed by atoms with Crippen molar-refractivity contribution in [3.8, 4) is 6.07 Å². The van der Waals surface area contributed by atoms with Gasteiger partial charge in [-0.1, -0.05) is 37.6 Å². The third kappa shape index (κ3) is 5.52. The van der Waals surface area contributed by atoms with Gasteiger partial charge in [0.1, 0.15) is 5.92 Å². The van der Waals surface area contributed by atoms with Gasteiger partial charge in [0.25, 0.3) is 0 Å². The first kappa shape index (κ1) is 18.9. The molecular weight excluding hydrogens is 290 g/mol. The lowest BCUT2D eigenvalue weighted by molar-refractivity contribution is -0.145. The molecule has 1 aromatic carbocycles. The summed E-state index contributed by atoms with van der Waals surface area (Å²) in [5, 5.41) is 9.44. The standard InChI is InChI=1S/C19H25NO3/c1-6-23-18(22)11-19(4,5)10-17(21)16(12-20)15-8-7-13(2)9-14(15)3/h7-9,16H,6,10-11H2,1-5H3. The van der Waals surface area contributed by atoms with Crippen LogP contribution in [0.25, 0.3) is 0 Å². The van der Waals surface area contributed by atoms with Crippen molar-refractivity contribution >= 4 is 11.8 Å². The highest BCUT2D eigenvalue weighted by Crippen LogP contribution is 2.31. The molecule has 1 rings (SSSR count). The second-order valence-corrected chi connectivity index (χ2v) is 6.71. The number of hydrogen-bond donors (Lipinski definition) is 0. The van der Waals surface area contributed by atoms with Crippen LogP contribution in [0, 0.1) is 30.6 Å². The molecule has 0 saturated heterocycles. The van der Waals surface area contributed by atoms with Crippen molar-refractivity contribution < 1.29 is 14.3 Å². The molecule has 1 aromatic rings. The summed E-state index contributed by atoms with van der Waals surface area (Å²) in [7, 11) is 0. The molecule has 0 bridgehead atoms. The molecule has 0 N–H and O–H groups in total. The fourth-order valence-electron chi connectivity index (χ4n) is 2.70. The van der Waals surface area contributed by atoms with E-state index in [2.05, 4.69) is 6.07 Å². The quantitative estimate of drug-likeness (QED) is 0.717. The van der Waals surface area contributed by atoms with E-state index in [-0.39, 0.29) is 24.6 Å². The van der Waals surface area contributed by atoms with E-state index in [1.54, 1.807) is 6.92 Å². The van der Waals surface area contributed by atoms with Crippen LogP contribution in [0.2, 0.25) is 0 Å². The number of aryl methyl sites for hydroxylation is 2. The number of esters is 1. The Hall–Kier alpha value is -2.15. The van der Waals surface area contributed by atoms with Crippen molar-refractivity contribution in [2.75, 3.05) is 6.61 Å². The lowest BCUT2D eigenvalue weighted by Gasteiger charge is -2.24. The predicted molar refractivity (Wildman–Crippen MR) is 88.9 cm³/mol. The molecule has 0 spiro atoms. The van der Waals surface area contributed by atoms with Crippen LogP contribution >= 0.6 is 0 Å². The summed E-state index contributed by atoms with van der Waals surface area (Å²) in [4.78, 5) is 24.2. The highest BCUT2D eigenvalue weighted by atomic mass is 16.5. The molecule has 0 aliphatic rings. The van der Waals surface area contributed by atoms with Gasteiger partial charge in [-0.25, -0.2) is 0 Å². The number of ether oxygens (including phenoxy) is 1. The average molecular weight is 315 g/mol. The fraction of sp³-hybridized carbons (Fsp3) is 0.526. The number of rotatable bonds is 7. The van der Waals surface area contributed by atoms with Gasteiger partial charge in [-0.3, -0.25) is 9.59 Å². The zero-order valence-corrected chi connectivity index (χ0v) is 14.6. The van der Waals surface area contributed by atoms with Gasteiger partial charge in [0.2, 0.25) is 0 Å². The fourth-order valence-corrected chi connectivity index (χ4v) is 2.70. The van der Waals surface area contributed by atoms with Gasteiger partial charge in [-0.2, -0.15) is 5.26 Å². The summed E-state index contributed by atoms with van der Waals surface area (Å²) < 4.78 is 4.95. The van der Waals surface area contributed by atoms with E-state index in [0.29, 0.717) is 6.61 Å². The lowest BCUT2D eigenvalue weighted by atomic mass is 9.79. The van der Waals surface area contributed by atoms with Gasteiger partial charge < -0.3 is 4.74 Å². The molecule has 0 heterocycles. The topological polar surface area (TPSA) is 67.2 Å². The maximum atomic E-state index is 12.6. The molecule has 1 atom stereocenters. The van der Waals surface area contributed by atoms with E-state index >= 15 is 0 Å². The summed E-state index contributed by atoms with van der Waals surface area (Å²) >= 11 is 0. The number of ketones is 1. The molecule has 0 aliphatic carbocycles. The Kier molecular flexibility index (Phi) is 6.50. The van der Waals surface area contributed by atoms with Gasteiger partial charge in [-0.05, 0) is 37.3 Å². The number of carbonyl (C=O) groups is 2. The van der Waals surface area contributed by atoms with Gasteiger partial charge >= 0.3 is 5.97 Å². The molecule has 0 aliphatic heterocycles. The SMILES string of the molecule is CCOC(=O)CC(C)(C)CC(=O)C(C#N)c1ccc(C)cc1C. The number of benzene rings is 1. The number of carbonyl (C=O) groups excluding carboxylic acids is 2. The highest BCUT2D eigenvalue weighted by molar-refractivity contribution is 5.89. The Balaban J connectivity index is 2.89. The molecule has 4 nitrogen and oxygen atoms in total. The van der Waals surface area contributed by atoms with Crippen molar-refractivity contribution in [3.05, 3.63) is 34.9 Å². The van der Waals surface area contributed by atoms with Crippen LogP contribution in [0.3, 0.4) is 0 Å². The van der Waals surface area contributed by atoms with Crippen LogP contribution in [-0.4, -0.2) is 18.4 Å². The van der Waals surface area contributed by atoms with E-state index in [1.807, 2.05) is 45.9 Å². The molecule has 124 valence electrons. The first-order chi connectivity index (χ1) is 10.7. The molecule has 0 radical (unpaired) electrons. The van der Waals surface area contributed by atoms with Crippen LogP contribution in [0.4, 0.5) is 0 Å². The third-order valence-electron chi connectivity index (χ3n) is 3.77. The summed E-state index contributed by atoms with van der Waals surface area (Å²) in [6, 6.07) is 7.83. The normalized spacial score (nSPS) is 12.3. The smallest absolute Gasteiger partial charge is 0.306 e. The van der Waals surface area contributed by atoms with E-state index in [4.69, 9.17) is 4.74 Å². The number of nitrogens with zero attached hydrogens (tertiary/aromatic N) is 1. The minimum Gasteiger partial charge on any atom is -0.466 e. The molecule has 0 saturated carbocycles. The molecule has 1 unspecified atom stereocenters. The zero-order valence-electron chi connectivity index (χ0n) is 14.6. The largest absolute Gasteiger partial charge is 0.466 e. The van der Waals surface area contributed by atoms with E-state index in [9.17, 15) is 14.9 Å². The predicted octanol–water partition coefficient (Wildman–Crippen LogP) is 3.85. The van der Waals surface area contributed by atoms with E-state index in [0.717, 1.165) is 16.7 Å². The maximum absolute atomic E-state index is 12.6. The first-order valence-corrected chi connectivity index (χ1v) is 7.85. The summed E-state index contributed by atoms with van der Waals surface area (Å²) in [6.45, 7) is 9.65. The van der Waals surface area contributed by atoms with Gasteiger partial charge in [-0.15, -0.1) is 0 Å². The number of Topliss-reactive ketones (excluding diaryl/α,β-unsaturated/α-hetero) is 1. The Labute approximate surface area is 138 Å². The minimum atomic E-state index is -0.794. The van der Waals surface area contributed by atoms with Crippen LogP contribution in [0.15, 0.2) is 18.2 Å². The Bertz CT molecular complexity index is 626. The Morgan fingerprint density at radius 1 is 1.26 bits per heavy atom. The molecule has 23 heavy (non-hydrogen) atoms. The molecule has 0 amide bonds. The second kappa shape index (κ2) is 7.92. The Morgan fingerprint density at radius 3 is 2.43 bits per heavy atom. The van der Waals surface area contributed by atoms with Crippen LogP contribution in [0.1, 0.15) is 56.2 Å². The number of hydrogen-bond acceptors (Lipinski definition) is 4. The zero-order chi connectivity index (χ0) is 17.6. The van der Waals surface area contributed by atoms with Crippen molar-refractivity contribution in [2.24, 2.45) is 5.41 Å². The van der Waals surface area contributed by atoms with Crippen LogP contribution in [-0.2, 0) is 14.3 Å². The molecule has 4 heteroatoms. The molecule has 0 fully saturated rings. The Morgan fingerprint density at radius 2 is 1.91 bits per heavy atom. The van der Waals surface area contributed by atoms with Gasteiger partial charge in [0, 0.05) is 6.42 Å². The number of nitriles is 1. The van der Waals surface area contributed by atoms with E-state index in [1.165, 1.54) is 0 Å². The van der Waals surface area contributed by atoms with Gasteiger partial charge in [0.05, 0.1) is 19.1 Å². The summed E-state index contributed by atoms with van der Waals surface area (Å²) in [5.74, 6) is -1.27. The summed E-state index contributed by atoms with van der Waals surface area (Å²) in [5.41, 5.74) is 2.25. The first-order valence-electron chi connectivity index (χ1n) is 7.85. The lowest BCUT2D eigenvalue weighted by Crippen LogP contribution is -2.25. The van der Waals surface area contributed by atoms with Crippen LogP contribution in [0.5, 0.6) is 0 Å². The molecular formula is C19H25NO3.